The summed E-state index contributed by atoms with van der Waals surface area (Å²) in [5.41, 5.74) is -0.192. The highest BCUT2D eigenvalue weighted by Crippen LogP contribution is 2.62. The van der Waals surface area contributed by atoms with E-state index in [1.807, 2.05) is 29.2 Å². The van der Waals surface area contributed by atoms with Crippen LogP contribution in [0.25, 0.3) is 0 Å². The Kier molecular flexibility index (Phi) is 7.54. The molecule has 1 aliphatic heterocycles. The quantitative estimate of drug-likeness (QED) is 0.169. The van der Waals surface area contributed by atoms with Crippen LogP contribution >= 0.6 is 7.26 Å². The van der Waals surface area contributed by atoms with Crippen LogP contribution in [0, 0.1) is 0 Å². The fourth-order valence-corrected chi connectivity index (χ4v) is 10.2. The Bertz CT molecular complexity index is 1340. The molecule has 0 aliphatic carbocycles. The molecule has 1 amide bonds. The van der Waals surface area contributed by atoms with Gasteiger partial charge in [-0.1, -0.05) is 60.7 Å². The number of benzene rings is 4. The van der Waals surface area contributed by atoms with Crippen LogP contribution in [0.1, 0.15) is 27.2 Å². The molecule has 1 saturated heterocycles. The van der Waals surface area contributed by atoms with Crippen molar-refractivity contribution in [2.75, 3.05) is 11.4 Å². The number of hydrogen-bond donors (Lipinski definition) is 0. The third kappa shape index (κ3) is 5.46. The summed E-state index contributed by atoms with van der Waals surface area (Å²) in [5, 5.41) is 3.55. The summed E-state index contributed by atoms with van der Waals surface area (Å²) in [6.45, 7) is 5.94. The van der Waals surface area contributed by atoms with Crippen molar-refractivity contribution >= 4 is 40.9 Å². The van der Waals surface area contributed by atoms with Gasteiger partial charge in [0, 0.05) is 24.7 Å². The minimum atomic E-state index is -2.37. The SMILES string of the molecule is CC(C)(C)OC(=O)Oc1cccc(N2CC[C@@H]([P+](c3ccccc3)(c3ccccc3)c3ccccc3)C2=O)c1. The number of amides is 1. The minimum Gasteiger partial charge on any atom is -0.428 e. The van der Waals surface area contributed by atoms with Gasteiger partial charge < -0.3 is 14.4 Å². The molecule has 0 bridgehead atoms. The lowest BCUT2D eigenvalue weighted by molar-refractivity contribution is -0.116. The standard InChI is InChI=1S/C33H33NO4P/c1-33(2,3)38-32(36)37-26-15-13-14-25(24-26)34-23-22-30(31(34)35)39(27-16-7-4-8-17-27,28-18-9-5-10-19-28)29-20-11-6-12-21-29/h4-21,24,30H,22-23H2,1-3H3/q+1/t30-/m1/s1. The van der Waals surface area contributed by atoms with E-state index in [0.29, 0.717) is 24.4 Å². The maximum absolute atomic E-state index is 14.4. The summed E-state index contributed by atoms with van der Waals surface area (Å²) in [4.78, 5) is 28.5. The molecule has 0 spiro atoms. The molecule has 5 nitrogen and oxygen atoms in total. The zero-order chi connectivity index (χ0) is 27.5. The van der Waals surface area contributed by atoms with Crippen LogP contribution in [-0.2, 0) is 9.53 Å². The first-order valence-corrected chi connectivity index (χ1v) is 15.0. The number of rotatable bonds is 6. The van der Waals surface area contributed by atoms with E-state index in [2.05, 4.69) is 72.8 Å². The molecule has 1 heterocycles. The van der Waals surface area contributed by atoms with Gasteiger partial charge in [0.1, 0.15) is 34.5 Å². The van der Waals surface area contributed by atoms with Crippen molar-refractivity contribution in [3.63, 3.8) is 0 Å². The Morgan fingerprint density at radius 3 is 1.77 bits per heavy atom. The van der Waals surface area contributed by atoms with Crippen molar-refractivity contribution in [1.82, 2.24) is 0 Å². The zero-order valence-corrected chi connectivity index (χ0v) is 23.4. The third-order valence-electron chi connectivity index (χ3n) is 6.86. The largest absolute Gasteiger partial charge is 0.514 e. The smallest absolute Gasteiger partial charge is 0.428 e. The molecule has 0 unspecified atom stereocenters. The van der Waals surface area contributed by atoms with Crippen LogP contribution in [0.2, 0.25) is 0 Å². The third-order valence-corrected chi connectivity index (χ3v) is 11.6. The van der Waals surface area contributed by atoms with Gasteiger partial charge in [-0.2, -0.15) is 0 Å². The summed E-state index contributed by atoms with van der Waals surface area (Å²) >= 11 is 0. The first-order valence-electron chi connectivity index (χ1n) is 13.2. The number of carbonyl (C=O) groups is 2. The number of hydrogen-bond acceptors (Lipinski definition) is 4. The molecule has 4 aromatic carbocycles. The zero-order valence-electron chi connectivity index (χ0n) is 22.5. The summed E-state index contributed by atoms with van der Waals surface area (Å²) < 4.78 is 10.7. The van der Waals surface area contributed by atoms with Gasteiger partial charge in [-0.25, -0.2) is 4.79 Å². The fourth-order valence-electron chi connectivity index (χ4n) is 5.34. The molecule has 5 rings (SSSR count). The van der Waals surface area contributed by atoms with E-state index in [9.17, 15) is 9.59 Å². The Labute approximate surface area is 230 Å². The van der Waals surface area contributed by atoms with Crippen molar-refractivity contribution in [1.29, 1.82) is 0 Å². The second-order valence-electron chi connectivity index (χ2n) is 10.6. The Morgan fingerprint density at radius 2 is 1.28 bits per heavy atom. The molecule has 1 fully saturated rings. The summed E-state index contributed by atoms with van der Waals surface area (Å²) in [6.07, 6.45) is -0.0601. The van der Waals surface area contributed by atoms with E-state index < -0.39 is 19.0 Å². The van der Waals surface area contributed by atoms with Gasteiger partial charge in [-0.3, -0.25) is 4.79 Å². The van der Waals surface area contributed by atoms with Crippen LogP contribution < -0.4 is 25.6 Å². The van der Waals surface area contributed by atoms with Gasteiger partial charge in [0.25, 0.3) is 5.91 Å². The van der Waals surface area contributed by atoms with Crippen molar-refractivity contribution in [3.05, 3.63) is 115 Å². The molecule has 0 radical (unpaired) electrons. The van der Waals surface area contributed by atoms with E-state index in [1.54, 1.807) is 39.0 Å². The molecule has 6 heteroatoms. The minimum absolute atomic E-state index is 0.0781. The predicted octanol–water partition coefficient (Wildman–Crippen LogP) is 6.10. The average Bonchev–Trinajstić information content (AvgIpc) is 3.31. The second kappa shape index (κ2) is 11.0. The molecule has 39 heavy (non-hydrogen) atoms. The number of nitrogens with zero attached hydrogens (tertiary/aromatic N) is 1. The molecule has 0 aromatic heterocycles. The molecule has 1 aliphatic rings. The molecule has 1 atom stereocenters. The summed E-state index contributed by atoms with van der Waals surface area (Å²) in [7, 11) is -2.37. The monoisotopic (exact) mass is 538 g/mol. The highest BCUT2D eigenvalue weighted by Gasteiger charge is 2.58. The normalized spacial score (nSPS) is 15.7. The Morgan fingerprint density at radius 1 is 0.769 bits per heavy atom. The highest BCUT2D eigenvalue weighted by molar-refractivity contribution is 7.97. The van der Waals surface area contributed by atoms with Crippen molar-refractivity contribution in [2.45, 2.75) is 38.5 Å². The van der Waals surface area contributed by atoms with Gasteiger partial charge in [0.15, 0.2) is 5.66 Å². The van der Waals surface area contributed by atoms with Gasteiger partial charge >= 0.3 is 6.16 Å². The number of carbonyl (C=O) groups excluding carboxylic acids is 2. The number of ether oxygens (including phenoxy) is 2. The van der Waals surface area contributed by atoms with Gasteiger partial charge in [0.2, 0.25) is 0 Å². The first-order chi connectivity index (χ1) is 18.8. The van der Waals surface area contributed by atoms with Gasteiger partial charge in [-0.15, -0.1) is 0 Å². The Hall–Kier alpha value is -3.95. The van der Waals surface area contributed by atoms with E-state index in [4.69, 9.17) is 9.47 Å². The molecule has 0 saturated carbocycles. The van der Waals surface area contributed by atoms with E-state index in [-0.39, 0.29) is 11.6 Å². The van der Waals surface area contributed by atoms with E-state index in [1.165, 1.54) is 15.9 Å². The molecule has 198 valence electrons. The van der Waals surface area contributed by atoms with Crippen LogP contribution in [0.3, 0.4) is 0 Å². The van der Waals surface area contributed by atoms with Crippen molar-refractivity contribution in [2.24, 2.45) is 0 Å². The van der Waals surface area contributed by atoms with Gasteiger partial charge in [0.05, 0.1) is 0 Å². The summed E-state index contributed by atoms with van der Waals surface area (Å²) in [5.74, 6) is 0.419. The predicted molar refractivity (Wildman–Crippen MR) is 159 cm³/mol. The van der Waals surface area contributed by atoms with Crippen LogP contribution in [0.5, 0.6) is 5.75 Å². The first kappa shape index (κ1) is 26.6. The topological polar surface area (TPSA) is 55.8 Å². The maximum atomic E-state index is 14.4. The van der Waals surface area contributed by atoms with Crippen LogP contribution in [-0.4, -0.2) is 29.9 Å². The molecular formula is C33H33NO4P+. The fraction of sp³-hybridized carbons (Fsp3) is 0.212. The van der Waals surface area contributed by atoms with Crippen molar-refractivity contribution < 1.29 is 19.1 Å². The second-order valence-corrected chi connectivity index (χ2v) is 14.2. The van der Waals surface area contributed by atoms with E-state index >= 15 is 0 Å². The lowest BCUT2D eigenvalue weighted by Gasteiger charge is -2.32. The lowest BCUT2D eigenvalue weighted by atomic mass is 10.2. The Balaban J connectivity index is 1.55. The van der Waals surface area contributed by atoms with E-state index in [0.717, 1.165) is 0 Å². The molecule has 0 N–H and O–H groups in total. The summed E-state index contributed by atoms with van der Waals surface area (Å²) in [6, 6.07) is 38.5. The van der Waals surface area contributed by atoms with Crippen LogP contribution in [0.4, 0.5) is 10.5 Å². The number of anilines is 1. The highest BCUT2D eigenvalue weighted by atomic mass is 31.2. The van der Waals surface area contributed by atoms with Crippen molar-refractivity contribution in [3.8, 4) is 5.75 Å². The lowest BCUT2D eigenvalue weighted by Crippen LogP contribution is -2.42. The van der Waals surface area contributed by atoms with Crippen LogP contribution in [0.15, 0.2) is 115 Å². The average molecular weight is 539 g/mol. The molecule has 4 aromatic rings. The van der Waals surface area contributed by atoms with Gasteiger partial charge in [-0.05, 0) is 69.3 Å². The maximum Gasteiger partial charge on any atom is 0.514 e. The molecular weight excluding hydrogens is 505 g/mol.